The highest BCUT2D eigenvalue weighted by Gasteiger charge is 2.40. The highest BCUT2D eigenvalue weighted by Crippen LogP contribution is 2.42. The fourth-order valence-electron chi connectivity index (χ4n) is 3.57. The third-order valence-electron chi connectivity index (χ3n) is 4.64. The smallest absolute Gasteiger partial charge is 0.162 e. The first-order valence-corrected chi connectivity index (χ1v) is 7.63. The van der Waals surface area contributed by atoms with Gasteiger partial charge in [0.2, 0.25) is 0 Å². The molecule has 2 atom stereocenters. The van der Waals surface area contributed by atoms with Crippen LogP contribution in [0.3, 0.4) is 0 Å². The molecule has 0 spiro atoms. The minimum atomic E-state index is -0.321. The van der Waals surface area contributed by atoms with Crippen molar-refractivity contribution in [2.75, 3.05) is 7.11 Å². The molecule has 0 N–H and O–H groups in total. The molecule has 0 aliphatic heterocycles. The van der Waals surface area contributed by atoms with Crippen LogP contribution in [0.2, 0.25) is 5.15 Å². The number of methoxy groups -OCH3 is 1. The molecular formula is C15H21ClN2O. The Bertz CT molecular complexity index is 491. The van der Waals surface area contributed by atoms with Gasteiger partial charge in [-0.25, -0.2) is 9.97 Å². The van der Waals surface area contributed by atoms with E-state index in [1.807, 2.05) is 0 Å². The summed E-state index contributed by atoms with van der Waals surface area (Å²) in [5.74, 6) is 1.47. The minimum absolute atomic E-state index is 0.321. The fourth-order valence-corrected chi connectivity index (χ4v) is 3.86. The number of hydrogen-bond donors (Lipinski definition) is 0. The third kappa shape index (κ3) is 2.27. The molecule has 4 heteroatoms. The van der Waals surface area contributed by atoms with Crippen molar-refractivity contribution in [3.63, 3.8) is 0 Å². The first-order valence-electron chi connectivity index (χ1n) is 7.25. The molecule has 0 bridgehead atoms. The predicted molar refractivity (Wildman–Crippen MR) is 75.4 cm³/mol. The van der Waals surface area contributed by atoms with E-state index >= 15 is 0 Å². The molecule has 0 amide bonds. The van der Waals surface area contributed by atoms with Gasteiger partial charge < -0.3 is 4.74 Å². The van der Waals surface area contributed by atoms with Crippen molar-refractivity contribution >= 4 is 11.6 Å². The first kappa shape index (κ1) is 13.3. The summed E-state index contributed by atoms with van der Waals surface area (Å²) in [6, 6.07) is 0. The van der Waals surface area contributed by atoms with Crippen molar-refractivity contribution in [2.45, 2.75) is 57.5 Å². The van der Waals surface area contributed by atoms with Gasteiger partial charge >= 0.3 is 0 Å². The Morgan fingerprint density at radius 3 is 2.84 bits per heavy atom. The van der Waals surface area contributed by atoms with E-state index in [9.17, 15) is 0 Å². The van der Waals surface area contributed by atoms with Gasteiger partial charge in [0.1, 0.15) is 10.8 Å². The molecule has 2 aliphatic carbocycles. The monoisotopic (exact) mass is 280 g/mol. The van der Waals surface area contributed by atoms with E-state index in [1.165, 1.54) is 12.8 Å². The molecule has 19 heavy (non-hydrogen) atoms. The van der Waals surface area contributed by atoms with E-state index in [0.29, 0.717) is 11.1 Å². The number of fused-ring (bicyclic) bond motifs is 1. The molecule has 2 unspecified atom stereocenters. The van der Waals surface area contributed by atoms with E-state index in [2.05, 4.69) is 11.9 Å². The molecule has 1 fully saturated rings. The van der Waals surface area contributed by atoms with Crippen LogP contribution < -0.4 is 0 Å². The molecule has 3 nitrogen and oxygen atoms in total. The fraction of sp³-hybridized carbons (Fsp3) is 0.733. The topological polar surface area (TPSA) is 35.0 Å². The quantitative estimate of drug-likeness (QED) is 0.775. The van der Waals surface area contributed by atoms with Crippen LogP contribution in [0.4, 0.5) is 0 Å². The van der Waals surface area contributed by atoms with E-state index in [-0.39, 0.29) is 5.60 Å². The van der Waals surface area contributed by atoms with Gasteiger partial charge in [-0.3, -0.25) is 0 Å². The molecule has 1 heterocycles. The molecule has 0 radical (unpaired) electrons. The molecule has 104 valence electrons. The van der Waals surface area contributed by atoms with Gasteiger partial charge in [0, 0.05) is 18.4 Å². The minimum Gasteiger partial charge on any atom is -0.370 e. The third-order valence-corrected chi connectivity index (χ3v) is 4.95. The average molecular weight is 281 g/mol. The van der Waals surface area contributed by atoms with Crippen LogP contribution in [0.1, 0.15) is 56.1 Å². The Hall–Kier alpha value is -0.670. The predicted octanol–water partition coefficient (Wildman–Crippen LogP) is 3.67. The summed E-state index contributed by atoms with van der Waals surface area (Å²) in [6.07, 6.45) is 7.63. The van der Waals surface area contributed by atoms with Gasteiger partial charge in [-0.15, -0.1) is 0 Å². The zero-order valence-corrected chi connectivity index (χ0v) is 12.5. The van der Waals surface area contributed by atoms with Crippen LogP contribution in [0, 0.1) is 5.92 Å². The number of hydrogen-bond acceptors (Lipinski definition) is 3. The maximum Gasteiger partial charge on any atom is 0.162 e. The van der Waals surface area contributed by atoms with Gasteiger partial charge in [0.25, 0.3) is 0 Å². The Morgan fingerprint density at radius 1 is 1.26 bits per heavy atom. The van der Waals surface area contributed by atoms with Crippen LogP contribution in [0.5, 0.6) is 0 Å². The number of aryl methyl sites for hydroxylation is 1. The van der Waals surface area contributed by atoms with Crippen LogP contribution in [0.15, 0.2) is 0 Å². The molecular weight excluding hydrogens is 260 g/mol. The van der Waals surface area contributed by atoms with E-state index in [1.54, 1.807) is 7.11 Å². The lowest BCUT2D eigenvalue weighted by atomic mass is 9.78. The second-order valence-electron chi connectivity index (χ2n) is 6.02. The summed E-state index contributed by atoms with van der Waals surface area (Å²) in [5, 5.41) is 0.646. The lowest BCUT2D eigenvalue weighted by Gasteiger charge is -2.37. The Morgan fingerprint density at radius 2 is 2.11 bits per heavy atom. The van der Waals surface area contributed by atoms with Crippen LogP contribution in [-0.2, 0) is 23.2 Å². The van der Waals surface area contributed by atoms with Crippen molar-refractivity contribution < 1.29 is 4.74 Å². The maximum absolute atomic E-state index is 6.34. The van der Waals surface area contributed by atoms with E-state index < -0.39 is 0 Å². The van der Waals surface area contributed by atoms with Crippen molar-refractivity contribution in [2.24, 2.45) is 5.92 Å². The lowest BCUT2D eigenvalue weighted by Crippen LogP contribution is -2.36. The number of ether oxygens (including phenoxy) is 1. The highest BCUT2D eigenvalue weighted by molar-refractivity contribution is 6.30. The Balaban J connectivity index is 2.02. The summed E-state index contributed by atoms with van der Waals surface area (Å²) in [7, 11) is 1.78. The average Bonchev–Trinajstić information content (AvgIpc) is 2.87. The van der Waals surface area contributed by atoms with Crippen molar-refractivity contribution in [3.05, 3.63) is 22.2 Å². The number of halogens is 1. The van der Waals surface area contributed by atoms with Crippen LogP contribution in [0.25, 0.3) is 0 Å². The maximum atomic E-state index is 6.34. The summed E-state index contributed by atoms with van der Waals surface area (Å²) in [5.41, 5.74) is 1.98. The van der Waals surface area contributed by atoms with Crippen molar-refractivity contribution in [1.82, 2.24) is 9.97 Å². The second-order valence-corrected chi connectivity index (χ2v) is 6.37. The van der Waals surface area contributed by atoms with Crippen LogP contribution >= 0.6 is 11.6 Å². The van der Waals surface area contributed by atoms with Gasteiger partial charge in [-0.05, 0) is 44.4 Å². The summed E-state index contributed by atoms with van der Waals surface area (Å²) in [6.45, 7) is 2.28. The molecule has 0 aromatic carbocycles. The van der Waals surface area contributed by atoms with Gasteiger partial charge in [-0.1, -0.05) is 24.9 Å². The summed E-state index contributed by atoms with van der Waals surface area (Å²) < 4.78 is 5.87. The molecule has 1 aromatic heterocycles. The zero-order valence-electron chi connectivity index (χ0n) is 11.7. The number of nitrogens with zero attached hydrogens (tertiary/aromatic N) is 2. The van der Waals surface area contributed by atoms with Gasteiger partial charge in [-0.2, -0.15) is 0 Å². The Kier molecular flexibility index (Phi) is 3.52. The van der Waals surface area contributed by atoms with Crippen molar-refractivity contribution in [3.8, 4) is 0 Å². The van der Waals surface area contributed by atoms with Gasteiger partial charge in [0.15, 0.2) is 5.82 Å². The van der Waals surface area contributed by atoms with Crippen molar-refractivity contribution in [1.29, 1.82) is 0 Å². The van der Waals surface area contributed by atoms with Crippen LogP contribution in [-0.4, -0.2) is 17.1 Å². The normalized spacial score (nSPS) is 30.4. The lowest BCUT2D eigenvalue weighted by molar-refractivity contribution is -0.0647. The second kappa shape index (κ2) is 5.02. The number of aromatic nitrogens is 2. The molecule has 0 saturated heterocycles. The highest BCUT2D eigenvalue weighted by atomic mass is 35.5. The standard InChI is InChI=1S/C15H21ClN2O/c1-10-5-4-8-15(9-10,19-2)14-17-12-7-3-6-11(12)13(16)18-14/h10H,3-9H2,1-2H3. The Labute approximate surface area is 119 Å². The zero-order chi connectivity index (χ0) is 13.5. The molecule has 1 aromatic rings. The largest absolute Gasteiger partial charge is 0.370 e. The van der Waals surface area contributed by atoms with E-state index in [0.717, 1.165) is 49.2 Å². The number of rotatable bonds is 2. The van der Waals surface area contributed by atoms with E-state index in [4.69, 9.17) is 21.3 Å². The summed E-state index contributed by atoms with van der Waals surface area (Å²) >= 11 is 6.34. The first-order chi connectivity index (χ1) is 9.14. The van der Waals surface area contributed by atoms with Gasteiger partial charge in [0.05, 0.1) is 0 Å². The summed E-state index contributed by atoms with van der Waals surface area (Å²) in [4.78, 5) is 9.37. The SMILES string of the molecule is COC1(c2nc(Cl)c3c(n2)CCC3)CCCC(C)C1. The molecule has 1 saturated carbocycles. The molecule has 3 rings (SSSR count). The molecule has 2 aliphatic rings.